The summed E-state index contributed by atoms with van der Waals surface area (Å²) in [5, 5.41) is 0.464. The molecule has 1 aromatic carbocycles. The molecule has 62 valence electrons. The van der Waals surface area contributed by atoms with Crippen LogP contribution < -0.4 is 10.4 Å². The zero-order valence-electron chi connectivity index (χ0n) is 6.15. The predicted octanol–water partition coefficient (Wildman–Crippen LogP) is 2.35. The van der Waals surface area contributed by atoms with Gasteiger partial charge in [0.1, 0.15) is 0 Å². The molecule has 0 aromatic heterocycles. The van der Waals surface area contributed by atoms with Crippen LogP contribution in [0.25, 0.3) is 0 Å². The maximum absolute atomic E-state index is 5.56. The standard InChI is InChI=1S/C7H7N2PS2/c8-7(11)9-5-3-1-2-4-6(5)12-10-9/h1-4,10H,(H2,8,11). The van der Waals surface area contributed by atoms with E-state index in [2.05, 4.69) is 6.07 Å². The highest BCUT2D eigenvalue weighted by Gasteiger charge is 2.20. The van der Waals surface area contributed by atoms with E-state index in [0.717, 1.165) is 5.69 Å². The first-order valence-corrected chi connectivity index (χ1v) is 6.30. The van der Waals surface area contributed by atoms with Gasteiger partial charge in [0.15, 0.2) is 5.11 Å². The lowest BCUT2D eigenvalue weighted by Gasteiger charge is -2.14. The number of anilines is 1. The Morgan fingerprint density at radius 2 is 2.25 bits per heavy atom. The molecule has 0 aliphatic carbocycles. The Balaban J connectivity index is 2.42. The second-order valence-corrected chi connectivity index (χ2v) is 5.19. The molecule has 0 bridgehead atoms. The van der Waals surface area contributed by atoms with Crippen LogP contribution in [0.3, 0.4) is 0 Å². The fourth-order valence-electron chi connectivity index (χ4n) is 1.04. The van der Waals surface area contributed by atoms with Crippen LogP contribution in [0.15, 0.2) is 29.2 Å². The van der Waals surface area contributed by atoms with Gasteiger partial charge in [-0.3, -0.25) is 4.67 Å². The molecule has 5 heteroatoms. The van der Waals surface area contributed by atoms with Crippen LogP contribution >= 0.6 is 31.5 Å². The molecular weight excluding hydrogens is 207 g/mol. The first-order valence-electron chi connectivity index (χ1n) is 3.40. The first-order chi connectivity index (χ1) is 5.79. The zero-order chi connectivity index (χ0) is 8.55. The Hall–Kier alpha value is -0.310. The van der Waals surface area contributed by atoms with Gasteiger partial charge in [-0.05, 0) is 24.4 Å². The van der Waals surface area contributed by atoms with Gasteiger partial charge in [-0.15, -0.1) is 0 Å². The molecule has 0 saturated carbocycles. The first kappa shape index (κ1) is 8.30. The summed E-state index contributed by atoms with van der Waals surface area (Å²) in [5.74, 6) is 0. The molecule has 1 aromatic rings. The van der Waals surface area contributed by atoms with Crippen LogP contribution in [0.1, 0.15) is 0 Å². The van der Waals surface area contributed by atoms with Crippen molar-refractivity contribution in [2.24, 2.45) is 5.73 Å². The van der Waals surface area contributed by atoms with E-state index in [-0.39, 0.29) is 0 Å². The lowest BCUT2D eigenvalue weighted by molar-refractivity contribution is 1.39. The van der Waals surface area contributed by atoms with E-state index in [0.29, 0.717) is 13.0 Å². The lowest BCUT2D eigenvalue weighted by Crippen LogP contribution is -2.26. The third-order valence-corrected chi connectivity index (χ3v) is 4.72. The largest absolute Gasteiger partial charge is 0.376 e. The Morgan fingerprint density at radius 1 is 1.50 bits per heavy atom. The predicted molar refractivity (Wildman–Crippen MR) is 59.9 cm³/mol. The number of hydrogen-bond donors (Lipinski definition) is 1. The third kappa shape index (κ3) is 1.30. The maximum Gasteiger partial charge on any atom is 0.174 e. The molecule has 1 atom stereocenters. The lowest BCUT2D eigenvalue weighted by atomic mass is 10.3. The SMILES string of the molecule is NC(=S)N1PSc2ccccc21. The van der Waals surface area contributed by atoms with Crippen molar-refractivity contribution in [3.05, 3.63) is 24.3 Å². The molecule has 12 heavy (non-hydrogen) atoms. The number of nitrogens with zero attached hydrogens (tertiary/aromatic N) is 1. The zero-order valence-corrected chi connectivity index (χ0v) is 8.78. The summed E-state index contributed by atoms with van der Waals surface area (Å²) in [6.07, 6.45) is 0. The molecule has 1 aliphatic rings. The molecule has 0 radical (unpaired) electrons. The van der Waals surface area contributed by atoms with Gasteiger partial charge >= 0.3 is 0 Å². The van der Waals surface area contributed by atoms with Crippen molar-refractivity contribution >= 4 is 42.3 Å². The van der Waals surface area contributed by atoms with E-state index in [1.807, 2.05) is 22.9 Å². The van der Waals surface area contributed by atoms with Gasteiger partial charge in [0, 0.05) is 12.8 Å². The normalized spacial score (nSPS) is 16.5. The number of thiocarbonyl (C=S) groups is 1. The fraction of sp³-hybridized carbons (Fsp3) is 0. The summed E-state index contributed by atoms with van der Waals surface area (Å²) in [6, 6.07) is 8.16. The summed E-state index contributed by atoms with van der Waals surface area (Å²) < 4.78 is 1.97. The summed E-state index contributed by atoms with van der Waals surface area (Å²) in [4.78, 5) is 1.27. The monoisotopic (exact) mass is 214 g/mol. The van der Waals surface area contributed by atoms with E-state index in [4.69, 9.17) is 18.0 Å². The van der Waals surface area contributed by atoms with Gasteiger partial charge in [-0.2, -0.15) is 0 Å². The highest BCUT2D eigenvalue weighted by atomic mass is 32.7. The minimum atomic E-state index is 0.464. The summed E-state index contributed by atoms with van der Waals surface area (Å²) in [7, 11) is 0.602. The topological polar surface area (TPSA) is 29.3 Å². The number of hydrogen-bond acceptors (Lipinski definition) is 2. The minimum Gasteiger partial charge on any atom is -0.376 e. The van der Waals surface area contributed by atoms with Crippen LogP contribution in [-0.2, 0) is 0 Å². The van der Waals surface area contributed by atoms with Crippen LogP contribution in [-0.4, -0.2) is 5.11 Å². The van der Waals surface area contributed by atoms with E-state index in [1.165, 1.54) is 4.90 Å². The van der Waals surface area contributed by atoms with Crippen molar-refractivity contribution < 1.29 is 0 Å². The average molecular weight is 214 g/mol. The van der Waals surface area contributed by atoms with Gasteiger partial charge in [0.2, 0.25) is 0 Å². The third-order valence-electron chi connectivity index (χ3n) is 1.57. The van der Waals surface area contributed by atoms with Crippen LogP contribution in [0.2, 0.25) is 0 Å². The Bertz CT molecular complexity index is 329. The van der Waals surface area contributed by atoms with Gasteiger partial charge in [-0.25, -0.2) is 0 Å². The maximum atomic E-state index is 5.56. The summed E-state index contributed by atoms with van der Waals surface area (Å²) >= 11 is 6.72. The highest BCUT2D eigenvalue weighted by Crippen LogP contribution is 2.53. The molecule has 2 rings (SSSR count). The molecule has 1 heterocycles. The second kappa shape index (κ2) is 3.21. The average Bonchev–Trinajstić information content (AvgIpc) is 2.47. The van der Waals surface area contributed by atoms with Crippen molar-refractivity contribution in [3.8, 4) is 0 Å². The van der Waals surface area contributed by atoms with Gasteiger partial charge in [-0.1, -0.05) is 23.5 Å². The Kier molecular flexibility index (Phi) is 2.22. The number of para-hydroxylation sites is 1. The van der Waals surface area contributed by atoms with Crippen molar-refractivity contribution in [1.29, 1.82) is 0 Å². The van der Waals surface area contributed by atoms with Crippen molar-refractivity contribution in [2.45, 2.75) is 4.90 Å². The van der Waals surface area contributed by atoms with Crippen LogP contribution in [0.4, 0.5) is 5.69 Å². The number of rotatable bonds is 0. The van der Waals surface area contributed by atoms with Crippen molar-refractivity contribution in [3.63, 3.8) is 0 Å². The number of benzene rings is 1. The molecule has 2 nitrogen and oxygen atoms in total. The minimum absolute atomic E-state index is 0.464. The fourth-order valence-corrected chi connectivity index (χ4v) is 4.19. The van der Waals surface area contributed by atoms with Gasteiger partial charge in [0.05, 0.1) is 5.69 Å². The molecule has 1 unspecified atom stereocenters. The quantitative estimate of drug-likeness (QED) is 0.530. The molecule has 2 N–H and O–H groups in total. The molecule has 0 saturated heterocycles. The summed E-state index contributed by atoms with van der Waals surface area (Å²) in [5.41, 5.74) is 6.71. The van der Waals surface area contributed by atoms with Crippen LogP contribution in [0, 0.1) is 0 Å². The number of fused-ring (bicyclic) bond motifs is 1. The van der Waals surface area contributed by atoms with E-state index < -0.39 is 0 Å². The Morgan fingerprint density at radius 3 is 3.00 bits per heavy atom. The number of nitrogens with two attached hydrogens (primary N) is 1. The molecule has 0 spiro atoms. The van der Waals surface area contributed by atoms with Crippen molar-refractivity contribution in [2.75, 3.05) is 4.67 Å². The van der Waals surface area contributed by atoms with E-state index in [1.54, 1.807) is 11.4 Å². The highest BCUT2D eigenvalue weighted by molar-refractivity contribution is 8.50. The van der Waals surface area contributed by atoms with E-state index >= 15 is 0 Å². The molecule has 1 aliphatic heterocycles. The van der Waals surface area contributed by atoms with Crippen LogP contribution in [0.5, 0.6) is 0 Å². The second-order valence-electron chi connectivity index (χ2n) is 2.33. The molecular formula is C7H7N2PS2. The Labute approximate surface area is 82.1 Å². The van der Waals surface area contributed by atoms with E-state index in [9.17, 15) is 0 Å². The van der Waals surface area contributed by atoms with Crippen molar-refractivity contribution in [1.82, 2.24) is 0 Å². The molecule has 0 fully saturated rings. The van der Waals surface area contributed by atoms with Gasteiger partial charge < -0.3 is 5.73 Å². The summed E-state index contributed by atoms with van der Waals surface area (Å²) in [6.45, 7) is 0. The molecule has 0 amide bonds. The van der Waals surface area contributed by atoms with Gasteiger partial charge in [0.25, 0.3) is 0 Å². The smallest absolute Gasteiger partial charge is 0.174 e.